The normalized spacial score (nSPS) is 17.0. The van der Waals surface area contributed by atoms with E-state index in [0.717, 1.165) is 10.3 Å². The van der Waals surface area contributed by atoms with Crippen LogP contribution < -0.4 is 70.0 Å². The number of carboxylic acid groups (broad SMARTS) is 2. The molecule has 0 saturated carbocycles. The Hall–Kier alpha value is -12.5. The van der Waals surface area contributed by atoms with E-state index in [1.165, 1.54) is 74.2 Å². The number of nitrogens with one attached hydrogen (secondary N) is 13. The molecule has 22 N–H and O–H groups in total. The van der Waals surface area contributed by atoms with Gasteiger partial charge in [-0.3, -0.25) is 71.9 Å². The standard InChI is InChI=1S/C88H121N17O20/c1-46(2)36-63(77(113)98-68(42-55-45-92-61-21-13-11-19-59(55)61)81(117)101-69(38-48(5)6)86(122)104-34-16-23-71(104)83(119)93-50(8)88(124)125)96-76(112)62(22-14-15-33-89)94-85(121)74(51(9)106)103-82(118)64(37-47(3)4)100-84(120)72-24-17-35-105(72)87(123)70(43-73(109)110)102-79(115)66(40-53-27-31-57(108)32-28-53)97-80(116)67(41-54-44-91-60-20-12-10-18-58(54)60)99-78(114)65(95-75(111)49(7)90)39-52-25-29-56(107)30-26-52/h10-13,18-21,25-32,44-51,62-72,74,91-92,106-108H,14-17,22-24,33-43,89-90H2,1-9H3,(H,93,119)(H,94,121)(H,95,111)(H,96,112)(H,97,116)(H,98,113)(H,99,114)(H,100,120)(H,101,117)(H,102,115)(H,103,118)(H,109,110)(H,124,125)/t49-,50-,51+,62-,63-,64-,65-,66-,67-,68-,69-,70-,71-,72-,74-/m0/s1. The second kappa shape index (κ2) is 46.3. The number of benzene rings is 4. The first-order valence-corrected chi connectivity index (χ1v) is 42.5. The van der Waals surface area contributed by atoms with Crippen LogP contribution in [0.4, 0.5) is 0 Å². The number of hydrogen-bond acceptors (Lipinski definition) is 20. The van der Waals surface area contributed by atoms with Crippen molar-refractivity contribution in [1.29, 1.82) is 0 Å². The Balaban J connectivity index is 0.987. The number of phenols is 2. The fourth-order valence-electron chi connectivity index (χ4n) is 15.4. The summed E-state index contributed by atoms with van der Waals surface area (Å²) in [5.41, 5.74) is 15.2. The van der Waals surface area contributed by atoms with Gasteiger partial charge in [-0.05, 0) is 168 Å². The summed E-state index contributed by atoms with van der Waals surface area (Å²) >= 11 is 0. The first-order chi connectivity index (χ1) is 59.3. The van der Waals surface area contributed by atoms with Crippen LogP contribution in [-0.2, 0) is 97.6 Å². The minimum atomic E-state index is -1.93. The van der Waals surface area contributed by atoms with Gasteiger partial charge in [0.2, 0.25) is 76.8 Å². The molecule has 15 atom stereocenters. The summed E-state index contributed by atoms with van der Waals surface area (Å²) < 4.78 is 0. The molecule has 8 rings (SSSR count). The van der Waals surface area contributed by atoms with Crippen molar-refractivity contribution in [3.63, 3.8) is 0 Å². The molecule has 13 amide bonds. The van der Waals surface area contributed by atoms with E-state index < -0.39 is 186 Å². The molecule has 6 aromatic rings. The highest BCUT2D eigenvalue weighted by Crippen LogP contribution is 2.27. The lowest BCUT2D eigenvalue weighted by molar-refractivity contribution is -0.146. The van der Waals surface area contributed by atoms with E-state index >= 15 is 4.79 Å². The topological polar surface area (TPSA) is 580 Å². The number of aromatic amines is 2. The average molecular weight is 1740 g/mol. The number of unbranched alkanes of at least 4 members (excludes halogenated alkanes) is 1. The highest BCUT2D eigenvalue weighted by molar-refractivity contribution is 6.02. The van der Waals surface area contributed by atoms with Crippen LogP contribution in [0, 0.1) is 17.8 Å². The Kier molecular flexibility index (Phi) is 36.3. The SMILES string of the molecule is CC(C)C[C@H](NC(=O)[C@H](CCCCN)NC(=O)[C@@H](NC(=O)[C@H](CC(C)C)NC(=O)[C@@H]1CCCN1C(=O)[C@H](CC(=O)O)NC(=O)[C@H](Cc1ccc(O)cc1)NC(=O)[C@H](Cc1c[nH]c2ccccc12)NC(=O)[C@H](Cc1ccc(O)cc1)NC(=O)[C@H](C)N)[C@@H](C)O)C(=O)N[C@@H](Cc1c[nH]c2ccccc12)C(=O)N[C@@H](CC(C)C)C(=O)N1CCC[C@H]1C(=O)N[C@@H](C)C(=O)O. The van der Waals surface area contributed by atoms with Crippen LogP contribution in [0.25, 0.3) is 21.8 Å². The summed E-state index contributed by atoms with van der Waals surface area (Å²) in [6.07, 6.45) is 0.980. The number of carbonyl (C=O) groups excluding carboxylic acids is 13. The van der Waals surface area contributed by atoms with Gasteiger partial charge >= 0.3 is 11.9 Å². The molecule has 2 aliphatic rings. The highest BCUT2D eigenvalue weighted by Gasteiger charge is 2.44. The molecule has 4 heterocycles. The van der Waals surface area contributed by atoms with Gasteiger partial charge in [0.25, 0.3) is 0 Å². The fraction of sp³-hybridized carbons (Fsp3) is 0.511. The maximum atomic E-state index is 15.1. The second-order valence-electron chi connectivity index (χ2n) is 33.7. The van der Waals surface area contributed by atoms with Gasteiger partial charge < -0.3 is 115 Å². The predicted molar refractivity (Wildman–Crippen MR) is 460 cm³/mol. The molecule has 0 bridgehead atoms. The number of aromatic nitrogens is 2. The van der Waals surface area contributed by atoms with E-state index in [1.54, 1.807) is 76.5 Å². The molecule has 678 valence electrons. The third-order valence-corrected chi connectivity index (χ3v) is 21.9. The van der Waals surface area contributed by atoms with Gasteiger partial charge in [-0.1, -0.05) is 102 Å². The third kappa shape index (κ3) is 28.5. The monoisotopic (exact) mass is 1740 g/mol. The number of aliphatic hydroxyl groups is 1. The van der Waals surface area contributed by atoms with Crippen LogP contribution in [0.5, 0.6) is 11.5 Å². The van der Waals surface area contributed by atoms with Gasteiger partial charge in [0.1, 0.15) is 90.0 Å². The van der Waals surface area contributed by atoms with Crippen LogP contribution in [0.15, 0.2) is 109 Å². The van der Waals surface area contributed by atoms with Crippen LogP contribution >= 0.6 is 0 Å². The summed E-state index contributed by atoms with van der Waals surface area (Å²) in [5.74, 6) is -15.3. The quantitative estimate of drug-likeness (QED) is 0.0239. The van der Waals surface area contributed by atoms with Crippen molar-refractivity contribution in [2.75, 3.05) is 19.6 Å². The van der Waals surface area contributed by atoms with Crippen molar-refractivity contribution in [1.82, 2.24) is 78.3 Å². The maximum Gasteiger partial charge on any atom is 0.325 e. The zero-order valence-electron chi connectivity index (χ0n) is 71.9. The number of phenolic OH excluding ortho intramolecular Hbond substituents is 2. The van der Waals surface area contributed by atoms with Crippen molar-refractivity contribution in [2.24, 2.45) is 29.2 Å². The number of nitrogens with zero attached hydrogens (tertiary/aromatic N) is 2. The number of para-hydroxylation sites is 2. The number of aliphatic carboxylic acids is 2. The van der Waals surface area contributed by atoms with Crippen molar-refractivity contribution in [2.45, 2.75) is 249 Å². The van der Waals surface area contributed by atoms with Gasteiger partial charge in [-0.15, -0.1) is 0 Å². The molecule has 2 fully saturated rings. The molecule has 0 unspecified atom stereocenters. The van der Waals surface area contributed by atoms with Gasteiger partial charge in [-0.2, -0.15) is 0 Å². The van der Waals surface area contributed by atoms with E-state index in [4.69, 9.17) is 11.5 Å². The molecule has 0 aliphatic carbocycles. The Bertz CT molecular complexity index is 4780. The molecule has 37 heteroatoms. The van der Waals surface area contributed by atoms with Gasteiger partial charge in [0.05, 0.1) is 18.6 Å². The number of aromatic hydroxyl groups is 2. The van der Waals surface area contributed by atoms with E-state index in [-0.39, 0.29) is 126 Å². The van der Waals surface area contributed by atoms with Crippen LogP contribution in [0.2, 0.25) is 0 Å². The largest absolute Gasteiger partial charge is 0.508 e. The number of likely N-dealkylation sites (tertiary alicyclic amines) is 2. The third-order valence-electron chi connectivity index (χ3n) is 21.9. The zero-order chi connectivity index (χ0) is 91.6. The van der Waals surface area contributed by atoms with Crippen molar-refractivity contribution in [3.05, 3.63) is 132 Å². The van der Waals surface area contributed by atoms with Crippen molar-refractivity contribution >= 4 is 111 Å². The highest BCUT2D eigenvalue weighted by atomic mass is 16.4. The zero-order valence-corrected chi connectivity index (χ0v) is 71.9. The first-order valence-electron chi connectivity index (χ1n) is 42.5. The van der Waals surface area contributed by atoms with Crippen LogP contribution in [-0.4, -0.2) is 244 Å². The number of amides is 13. The van der Waals surface area contributed by atoms with Crippen LogP contribution in [0.1, 0.15) is 155 Å². The minimum absolute atomic E-state index is 0.0177. The number of rotatable bonds is 46. The number of aliphatic hydroxyl groups excluding tert-OH is 1. The molecule has 4 aromatic carbocycles. The van der Waals surface area contributed by atoms with Gasteiger partial charge in [0, 0.05) is 73.0 Å². The van der Waals surface area contributed by atoms with Crippen molar-refractivity contribution in [3.8, 4) is 11.5 Å². The number of H-pyrrole nitrogens is 2. The lowest BCUT2D eigenvalue weighted by atomic mass is 9.98. The summed E-state index contributed by atoms with van der Waals surface area (Å²) in [6, 6.07) is 5.59. The summed E-state index contributed by atoms with van der Waals surface area (Å²) in [7, 11) is 0. The average Bonchev–Trinajstić information content (AvgIpc) is 1.71. The first kappa shape index (κ1) is 97.9. The summed E-state index contributed by atoms with van der Waals surface area (Å²) in [6.45, 7) is 14.7. The summed E-state index contributed by atoms with van der Waals surface area (Å²) in [4.78, 5) is 223. The Morgan fingerprint density at radius 2 is 0.792 bits per heavy atom. The number of nitrogens with two attached hydrogens (primary N) is 2. The fourth-order valence-corrected chi connectivity index (χ4v) is 15.4. The van der Waals surface area contributed by atoms with Gasteiger partial charge in [0.15, 0.2) is 0 Å². The van der Waals surface area contributed by atoms with E-state index in [9.17, 15) is 92.7 Å². The molecule has 2 aromatic heterocycles. The molecule has 2 saturated heterocycles. The molecule has 0 radical (unpaired) electrons. The number of carbonyl (C=O) groups is 15. The molecule has 125 heavy (non-hydrogen) atoms. The number of fused-ring (bicyclic) bond motifs is 2. The smallest absolute Gasteiger partial charge is 0.325 e. The molecule has 2 aliphatic heterocycles. The predicted octanol–water partition coefficient (Wildman–Crippen LogP) is 1.22. The molecular formula is C88H121N17O20. The van der Waals surface area contributed by atoms with Gasteiger partial charge in [-0.25, -0.2) is 0 Å². The summed E-state index contributed by atoms with van der Waals surface area (Å²) in [5, 5.41) is 82.2. The second-order valence-corrected chi connectivity index (χ2v) is 33.7. The van der Waals surface area contributed by atoms with E-state index in [2.05, 4.69) is 68.5 Å². The molecular weight excluding hydrogens is 1620 g/mol. The Labute approximate surface area is 724 Å². The number of carboxylic acids is 2. The minimum Gasteiger partial charge on any atom is -0.508 e. The molecule has 37 nitrogen and oxygen atoms in total. The van der Waals surface area contributed by atoms with Crippen molar-refractivity contribution < 1.29 is 97.5 Å². The van der Waals surface area contributed by atoms with E-state index in [0.29, 0.717) is 51.5 Å². The lowest BCUT2D eigenvalue weighted by Crippen LogP contribution is -2.62. The maximum absolute atomic E-state index is 15.1. The van der Waals surface area contributed by atoms with Crippen LogP contribution in [0.3, 0.4) is 0 Å². The Morgan fingerprint density at radius 1 is 0.424 bits per heavy atom. The van der Waals surface area contributed by atoms with E-state index in [1.807, 2.05) is 26.0 Å². The number of hydrogen-bond donors (Lipinski definition) is 20. The lowest BCUT2D eigenvalue weighted by Gasteiger charge is -2.31. The molecule has 0 spiro atoms. The Morgan fingerprint density at radius 3 is 1.22 bits per heavy atom.